The van der Waals surface area contributed by atoms with Crippen molar-refractivity contribution in [2.75, 3.05) is 39.0 Å². The van der Waals surface area contributed by atoms with Gasteiger partial charge in [0.15, 0.2) is 9.84 Å². The first-order valence-electron chi connectivity index (χ1n) is 7.02. The lowest BCUT2D eigenvalue weighted by molar-refractivity contribution is 0.212. The van der Waals surface area contributed by atoms with Gasteiger partial charge in [-0.1, -0.05) is 0 Å². The lowest BCUT2D eigenvalue weighted by atomic mass is 9.94. The van der Waals surface area contributed by atoms with E-state index in [0.29, 0.717) is 6.54 Å². The lowest BCUT2D eigenvalue weighted by Crippen LogP contribution is -2.32. The SMILES string of the molecule is CC(C)S(=O)(=O)CCNCCC1CCN(C)CC1. The average Bonchev–Trinajstić information content (AvgIpc) is 2.31. The van der Waals surface area contributed by atoms with Crippen molar-refractivity contribution in [3.63, 3.8) is 0 Å². The number of sulfone groups is 1. The highest BCUT2D eigenvalue weighted by molar-refractivity contribution is 7.92. The fraction of sp³-hybridized carbons (Fsp3) is 1.00. The van der Waals surface area contributed by atoms with E-state index in [4.69, 9.17) is 0 Å². The van der Waals surface area contributed by atoms with Gasteiger partial charge >= 0.3 is 0 Å². The fourth-order valence-corrected chi connectivity index (χ4v) is 3.13. The predicted octanol–water partition coefficient (Wildman–Crippen LogP) is 1.13. The highest BCUT2D eigenvalue weighted by Gasteiger charge is 2.17. The van der Waals surface area contributed by atoms with E-state index in [0.717, 1.165) is 12.5 Å². The van der Waals surface area contributed by atoms with Gasteiger partial charge in [0.25, 0.3) is 0 Å². The van der Waals surface area contributed by atoms with E-state index >= 15 is 0 Å². The Hall–Kier alpha value is -0.130. The average molecular weight is 276 g/mol. The van der Waals surface area contributed by atoms with Crippen LogP contribution in [0.5, 0.6) is 0 Å². The summed E-state index contributed by atoms with van der Waals surface area (Å²) in [5, 5.41) is 3.01. The minimum absolute atomic E-state index is 0.256. The van der Waals surface area contributed by atoms with Gasteiger partial charge in [0.05, 0.1) is 11.0 Å². The highest BCUT2D eigenvalue weighted by atomic mass is 32.2. The molecular formula is C13H28N2O2S. The van der Waals surface area contributed by atoms with Crippen LogP contribution in [0.25, 0.3) is 0 Å². The third-order valence-electron chi connectivity index (χ3n) is 3.85. The largest absolute Gasteiger partial charge is 0.316 e. The predicted molar refractivity (Wildman–Crippen MR) is 76.6 cm³/mol. The molecule has 0 saturated carbocycles. The maximum atomic E-state index is 11.6. The third-order valence-corrected chi connectivity index (χ3v) is 6.06. The van der Waals surface area contributed by atoms with Crippen molar-refractivity contribution in [1.29, 1.82) is 0 Å². The first-order valence-corrected chi connectivity index (χ1v) is 8.74. The summed E-state index contributed by atoms with van der Waals surface area (Å²) in [6, 6.07) is 0. The Bertz CT molecular complexity index is 320. The molecule has 1 fully saturated rings. The number of nitrogens with one attached hydrogen (secondary N) is 1. The molecule has 18 heavy (non-hydrogen) atoms. The van der Waals surface area contributed by atoms with Gasteiger partial charge in [0, 0.05) is 6.54 Å². The van der Waals surface area contributed by atoms with Gasteiger partial charge in [-0.2, -0.15) is 0 Å². The number of likely N-dealkylation sites (tertiary alicyclic amines) is 1. The van der Waals surface area contributed by atoms with Crippen LogP contribution in [0, 0.1) is 5.92 Å². The van der Waals surface area contributed by atoms with E-state index in [1.807, 2.05) is 0 Å². The van der Waals surface area contributed by atoms with Crippen molar-refractivity contribution in [3.05, 3.63) is 0 Å². The summed E-state index contributed by atoms with van der Waals surface area (Å²) in [5.74, 6) is 1.08. The molecule has 108 valence electrons. The molecule has 0 aliphatic carbocycles. The van der Waals surface area contributed by atoms with Crippen LogP contribution in [0.2, 0.25) is 0 Å². The molecule has 1 aliphatic rings. The summed E-state index contributed by atoms with van der Waals surface area (Å²) in [6.45, 7) is 7.43. The van der Waals surface area contributed by atoms with Gasteiger partial charge in [-0.25, -0.2) is 8.42 Å². The van der Waals surface area contributed by atoms with Gasteiger partial charge in [-0.3, -0.25) is 0 Å². The number of hydrogen-bond acceptors (Lipinski definition) is 4. The first kappa shape index (κ1) is 15.9. The summed E-state index contributed by atoms with van der Waals surface area (Å²) in [4.78, 5) is 2.37. The van der Waals surface area contributed by atoms with Gasteiger partial charge in [0.1, 0.15) is 0 Å². The molecule has 0 amide bonds. The normalized spacial score (nSPS) is 19.6. The third kappa shape index (κ3) is 5.67. The van der Waals surface area contributed by atoms with Crippen LogP contribution in [-0.2, 0) is 9.84 Å². The minimum Gasteiger partial charge on any atom is -0.316 e. The maximum Gasteiger partial charge on any atom is 0.153 e. The molecule has 1 rings (SSSR count). The summed E-state index contributed by atoms with van der Waals surface area (Å²) in [7, 11) is -0.708. The molecule has 0 aromatic heterocycles. The van der Waals surface area contributed by atoms with Crippen LogP contribution < -0.4 is 5.32 Å². The number of piperidine rings is 1. The van der Waals surface area contributed by atoms with Gasteiger partial charge in [-0.05, 0) is 65.7 Å². The Morgan fingerprint density at radius 2 is 1.83 bits per heavy atom. The molecule has 0 unspecified atom stereocenters. The Kier molecular flexibility index (Phi) is 6.60. The first-order chi connectivity index (χ1) is 8.42. The van der Waals surface area contributed by atoms with Crippen molar-refractivity contribution in [2.24, 2.45) is 5.92 Å². The molecule has 0 aromatic rings. The summed E-state index contributed by atoms with van der Waals surface area (Å²) < 4.78 is 23.2. The van der Waals surface area contributed by atoms with Crippen molar-refractivity contribution < 1.29 is 8.42 Å². The molecule has 0 spiro atoms. The molecule has 1 saturated heterocycles. The Balaban J connectivity index is 2.06. The van der Waals surface area contributed by atoms with Crippen LogP contribution in [0.3, 0.4) is 0 Å². The summed E-state index contributed by atoms with van der Waals surface area (Å²) in [6.07, 6.45) is 3.74. The molecule has 0 radical (unpaired) electrons. The number of hydrogen-bond donors (Lipinski definition) is 1. The smallest absolute Gasteiger partial charge is 0.153 e. The zero-order chi connectivity index (χ0) is 13.6. The second-order valence-electron chi connectivity index (χ2n) is 5.70. The molecule has 4 nitrogen and oxygen atoms in total. The van der Waals surface area contributed by atoms with E-state index in [-0.39, 0.29) is 11.0 Å². The quantitative estimate of drug-likeness (QED) is 0.708. The molecular weight excluding hydrogens is 248 g/mol. The van der Waals surface area contributed by atoms with E-state index in [1.165, 1.54) is 32.4 Å². The Labute approximate surface area is 112 Å². The second-order valence-corrected chi connectivity index (χ2v) is 8.38. The van der Waals surface area contributed by atoms with E-state index in [9.17, 15) is 8.42 Å². The van der Waals surface area contributed by atoms with E-state index in [2.05, 4.69) is 17.3 Å². The minimum atomic E-state index is -2.88. The molecule has 1 heterocycles. The molecule has 1 N–H and O–H groups in total. The lowest BCUT2D eigenvalue weighted by Gasteiger charge is -2.28. The van der Waals surface area contributed by atoms with Crippen LogP contribution in [0.4, 0.5) is 0 Å². The molecule has 0 aromatic carbocycles. The molecule has 5 heteroatoms. The zero-order valence-electron chi connectivity index (χ0n) is 12.0. The van der Waals surface area contributed by atoms with Crippen LogP contribution in [-0.4, -0.2) is 57.5 Å². The molecule has 0 atom stereocenters. The number of nitrogens with zero attached hydrogens (tertiary/aromatic N) is 1. The maximum absolute atomic E-state index is 11.6. The van der Waals surface area contributed by atoms with Crippen molar-refractivity contribution >= 4 is 9.84 Å². The zero-order valence-corrected chi connectivity index (χ0v) is 12.8. The van der Waals surface area contributed by atoms with E-state index < -0.39 is 9.84 Å². The summed E-state index contributed by atoms with van der Waals surface area (Å²) in [5.41, 5.74) is 0. The number of rotatable bonds is 7. The molecule has 0 bridgehead atoms. The van der Waals surface area contributed by atoms with Gasteiger partial charge < -0.3 is 10.2 Å². The standard InChI is InChI=1S/C13H28N2O2S/c1-12(2)18(16,17)11-8-14-7-4-13-5-9-15(3)10-6-13/h12-14H,4-11H2,1-3H3. The summed E-state index contributed by atoms with van der Waals surface area (Å²) >= 11 is 0. The fourth-order valence-electron chi connectivity index (χ4n) is 2.23. The van der Waals surface area contributed by atoms with E-state index in [1.54, 1.807) is 13.8 Å². The van der Waals surface area contributed by atoms with Crippen LogP contribution in [0.15, 0.2) is 0 Å². The van der Waals surface area contributed by atoms with Crippen molar-refractivity contribution in [2.45, 2.75) is 38.4 Å². The second kappa shape index (κ2) is 7.46. The monoisotopic (exact) mass is 276 g/mol. The Morgan fingerprint density at radius 3 is 2.39 bits per heavy atom. The van der Waals surface area contributed by atoms with Crippen molar-refractivity contribution in [3.8, 4) is 0 Å². The van der Waals surface area contributed by atoms with Crippen molar-refractivity contribution in [1.82, 2.24) is 10.2 Å². The van der Waals surface area contributed by atoms with Crippen LogP contribution in [0.1, 0.15) is 33.1 Å². The molecule has 1 aliphatic heterocycles. The van der Waals surface area contributed by atoms with Crippen LogP contribution >= 0.6 is 0 Å². The van der Waals surface area contributed by atoms with Gasteiger partial charge in [-0.15, -0.1) is 0 Å². The van der Waals surface area contributed by atoms with Gasteiger partial charge in [0.2, 0.25) is 0 Å². The topological polar surface area (TPSA) is 49.4 Å². The Morgan fingerprint density at radius 1 is 1.22 bits per heavy atom. The highest BCUT2D eigenvalue weighted by Crippen LogP contribution is 2.18.